The van der Waals surface area contributed by atoms with Crippen LogP contribution in [-0.4, -0.2) is 13.1 Å². The Kier molecular flexibility index (Phi) is 2.03. The summed E-state index contributed by atoms with van der Waals surface area (Å²) in [6, 6.07) is 8.72. The fourth-order valence-corrected chi connectivity index (χ4v) is 2.71. The molecule has 2 N–H and O–H groups in total. The van der Waals surface area contributed by atoms with Crippen LogP contribution in [0.1, 0.15) is 24.0 Å². The lowest BCUT2D eigenvalue weighted by Gasteiger charge is -2.41. The smallest absolute Gasteiger partial charge is 0.0649 e. The monoisotopic (exact) mass is 200 g/mol. The standard InChI is InChI=1S/C13H16N2/c1-2-4-12-11(3-1)5-8-15-13(12)6-9-14-10-7-13/h1-5,8,14-15H,6-7,9-10H2. The van der Waals surface area contributed by atoms with Gasteiger partial charge in [0.2, 0.25) is 0 Å². The van der Waals surface area contributed by atoms with E-state index in [0.717, 1.165) is 13.1 Å². The van der Waals surface area contributed by atoms with Crippen molar-refractivity contribution in [2.75, 3.05) is 13.1 Å². The van der Waals surface area contributed by atoms with E-state index in [-0.39, 0.29) is 5.54 Å². The summed E-state index contributed by atoms with van der Waals surface area (Å²) in [6.45, 7) is 2.21. The summed E-state index contributed by atoms with van der Waals surface area (Å²) in [6.07, 6.45) is 6.62. The summed E-state index contributed by atoms with van der Waals surface area (Å²) in [5, 5.41) is 6.99. The van der Waals surface area contributed by atoms with Crippen molar-refractivity contribution in [3.05, 3.63) is 41.6 Å². The first-order chi connectivity index (χ1) is 7.41. The molecule has 0 unspecified atom stereocenters. The molecule has 0 aliphatic carbocycles. The molecule has 1 saturated heterocycles. The molecule has 0 radical (unpaired) electrons. The van der Waals surface area contributed by atoms with Crippen molar-refractivity contribution in [1.29, 1.82) is 0 Å². The zero-order valence-electron chi connectivity index (χ0n) is 8.79. The number of hydrogen-bond donors (Lipinski definition) is 2. The molecular weight excluding hydrogens is 184 g/mol. The van der Waals surface area contributed by atoms with Crippen LogP contribution in [0.25, 0.3) is 6.08 Å². The minimum absolute atomic E-state index is 0.191. The number of piperidine rings is 1. The van der Waals surface area contributed by atoms with Crippen molar-refractivity contribution < 1.29 is 0 Å². The quantitative estimate of drug-likeness (QED) is 0.667. The highest BCUT2D eigenvalue weighted by Crippen LogP contribution is 2.35. The van der Waals surface area contributed by atoms with E-state index in [4.69, 9.17) is 0 Å². The molecule has 2 nitrogen and oxygen atoms in total. The van der Waals surface area contributed by atoms with E-state index in [9.17, 15) is 0 Å². The van der Waals surface area contributed by atoms with Crippen LogP contribution in [0, 0.1) is 0 Å². The molecule has 2 aliphatic heterocycles. The predicted molar refractivity (Wildman–Crippen MR) is 62.4 cm³/mol. The molecule has 0 amide bonds. The second-order valence-corrected chi connectivity index (χ2v) is 4.40. The van der Waals surface area contributed by atoms with Gasteiger partial charge >= 0.3 is 0 Å². The molecule has 2 heteroatoms. The zero-order chi connectivity index (χ0) is 10.1. The lowest BCUT2D eigenvalue weighted by Crippen LogP contribution is -2.49. The molecule has 3 rings (SSSR count). The van der Waals surface area contributed by atoms with Gasteiger partial charge in [0.1, 0.15) is 0 Å². The van der Waals surface area contributed by atoms with E-state index in [2.05, 4.69) is 47.2 Å². The topological polar surface area (TPSA) is 24.1 Å². The van der Waals surface area contributed by atoms with E-state index >= 15 is 0 Å². The molecule has 0 saturated carbocycles. The molecule has 1 spiro atoms. The highest BCUT2D eigenvalue weighted by molar-refractivity contribution is 5.58. The maximum atomic E-state index is 3.57. The van der Waals surface area contributed by atoms with Crippen LogP contribution in [0.5, 0.6) is 0 Å². The molecule has 2 aliphatic rings. The van der Waals surface area contributed by atoms with Gasteiger partial charge in [0.05, 0.1) is 5.54 Å². The average molecular weight is 200 g/mol. The van der Waals surface area contributed by atoms with Gasteiger partial charge in [-0.3, -0.25) is 0 Å². The Morgan fingerprint density at radius 2 is 1.87 bits per heavy atom. The molecule has 0 atom stereocenters. The Morgan fingerprint density at radius 1 is 1.07 bits per heavy atom. The minimum atomic E-state index is 0.191. The van der Waals surface area contributed by atoms with Crippen LogP contribution in [0.15, 0.2) is 30.5 Å². The van der Waals surface area contributed by atoms with Crippen LogP contribution < -0.4 is 10.6 Å². The van der Waals surface area contributed by atoms with Crippen molar-refractivity contribution in [3.63, 3.8) is 0 Å². The van der Waals surface area contributed by atoms with Crippen LogP contribution >= 0.6 is 0 Å². The van der Waals surface area contributed by atoms with Gasteiger partial charge in [-0.15, -0.1) is 0 Å². The van der Waals surface area contributed by atoms with Gasteiger partial charge in [-0.2, -0.15) is 0 Å². The number of fused-ring (bicyclic) bond motifs is 2. The zero-order valence-corrected chi connectivity index (χ0v) is 8.79. The molecule has 0 bridgehead atoms. The van der Waals surface area contributed by atoms with E-state index in [1.165, 1.54) is 24.0 Å². The minimum Gasteiger partial charge on any atom is -0.381 e. The summed E-state index contributed by atoms with van der Waals surface area (Å²) in [5.41, 5.74) is 3.03. The summed E-state index contributed by atoms with van der Waals surface area (Å²) in [7, 11) is 0. The maximum absolute atomic E-state index is 3.57. The van der Waals surface area contributed by atoms with Gasteiger partial charge in [-0.25, -0.2) is 0 Å². The molecule has 1 aromatic carbocycles. The molecule has 78 valence electrons. The predicted octanol–water partition coefficient (Wildman–Crippen LogP) is 1.84. The second kappa shape index (κ2) is 3.38. The van der Waals surface area contributed by atoms with Crippen molar-refractivity contribution in [2.24, 2.45) is 0 Å². The lowest BCUT2D eigenvalue weighted by atomic mass is 9.78. The van der Waals surface area contributed by atoms with Crippen LogP contribution in [-0.2, 0) is 5.54 Å². The summed E-state index contributed by atoms with van der Waals surface area (Å²) < 4.78 is 0. The number of hydrogen-bond acceptors (Lipinski definition) is 2. The van der Waals surface area contributed by atoms with E-state index in [1.807, 2.05) is 0 Å². The Labute approximate surface area is 90.4 Å². The third kappa shape index (κ3) is 1.37. The molecule has 15 heavy (non-hydrogen) atoms. The van der Waals surface area contributed by atoms with E-state index < -0.39 is 0 Å². The van der Waals surface area contributed by atoms with Crippen molar-refractivity contribution in [2.45, 2.75) is 18.4 Å². The number of benzene rings is 1. The Hall–Kier alpha value is -1.28. The van der Waals surface area contributed by atoms with Gasteiger partial charge < -0.3 is 10.6 Å². The molecule has 1 fully saturated rings. The highest BCUT2D eigenvalue weighted by atomic mass is 15.0. The van der Waals surface area contributed by atoms with Crippen LogP contribution in [0.4, 0.5) is 0 Å². The normalized spacial score (nSPS) is 22.1. The maximum Gasteiger partial charge on any atom is 0.0649 e. The largest absolute Gasteiger partial charge is 0.381 e. The van der Waals surface area contributed by atoms with Crippen LogP contribution in [0.3, 0.4) is 0 Å². The summed E-state index contributed by atoms with van der Waals surface area (Å²) >= 11 is 0. The first-order valence-electron chi connectivity index (χ1n) is 5.65. The van der Waals surface area contributed by atoms with E-state index in [1.54, 1.807) is 0 Å². The number of rotatable bonds is 0. The van der Waals surface area contributed by atoms with Gasteiger partial charge in [-0.05, 0) is 49.3 Å². The third-order valence-electron chi connectivity index (χ3n) is 3.56. The van der Waals surface area contributed by atoms with Crippen molar-refractivity contribution in [1.82, 2.24) is 10.6 Å². The highest BCUT2D eigenvalue weighted by Gasteiger charge is 2.35. The molecule has 2 heterocycles. The summed E-state index contributed by atoms with van der Waals surface area (Å²) in [5.74, 6) is 0. The van der Waals surface area contributed by atoms with Crippen molar-refractivity contribution >= 4 is 6.08 Å². The second-order valence-electron chi connectivity index (χ2n) is 4.40. The van der Waals surface area contributed by atoms with Gasteiger partial charge in [0.25, 0.3) is 0 Å². The van der Waals surface area contributed by atoms with E-state index in [0.29, 0.717) is 0 Å². The lowest BCUT2D eigenvalue weighted by molar-refractivity contribution is 0.271. The molecule has 0 aromatic heterocycles. The average Bonchev–Trinajstić information content (AvgIpc) is 2.31. The van der Waals surface area contributed by atoms with Crippen LogP contribution in [0.2, 0.25) is 0 Å². The summed E-state index contributed by atoms with van der Waals surface area (Å²) in [4.78, 5) is 0. The molecule has 1 aromatic rings. The SMILES string of the molecule is C1=Cc2ccccc2C2(CCNCC2)N1. The Bertz CT molecular complexity index is 389. The number of nitrogens with one attached hydrogen (secondary N) is 2. The third-order valence-corrected chi connectivity index (χ3v) is 3.56. The first-order valence-corrected chi connectivity index (χ1v) is 5.65. The molecular formula is C13H16N2. The Balaban J connectivity index is 2.08. The fourth-order valence-electron chi connectivity index (χ4n) is 2.71. The Morgan fingerprint density at radius 3 is 2.73 bits per heavy atom. The first kappa shape index (κ1) is 8.98. The van der Waals surface area contributed by atoms with Crippen molar-refractivity contribution in [3.8, 4) is 0 Å². The van der Waals surface area contributed by atoms with Gasteiger partial charge in [-0.1, -0.05) is 24.3 Å². The van der Waals surface area contributed by atoms with Gasteiger partial charge in [0.15, 0.2) is 0 Å². The van der Waals surface area contributed by atoms with Gasteiger partial charge in [0, 0.05) is 0 Å². The fraction of sp³-hybridized carbons (Fsp3) is 0.385.